The van der Waals surface area contributed by atoms with E-state index in [0.29, 0.717) is 112 Å². The van der Waals surface area contributed by atoms with Crippen molar-refractivity contribution in [3.8, 4) is 0 Å². The van der Waals surface area contributed by atoms with E-state index >= 15 is 0 Å². The first-order valence-corrected chi connectivity index (χ1v) is 29.7. The second-order valence-corrected chi connectivity index (χ2v) is 26.5. The zero-order valence-electron chi connectivity index (χ0n) is 46.1. The van der Waals surface area contributed by atoms with Gasteiger partial charge in [-0.25, -0.2) is 14.6 Å². The number of aromatic nitrogens is 4. The van der Waals surface area contributed by atoms with Crippen LogP contribution in [-0.4, -0.2) is 72.3 Å². The van der Waals surface area contributed by atoms with Gasteiger partial charge in [0.05, 0.1) is 27.8 Å². The fourth-order valence-corrected chi connectivity index (χ4v) is 15.2. The number of rotatable bonds is 10. The minimum atomic E-state index is -0.465. The molecule has 6 aliphatic carbocycles. The number of piperazine rings is 1. The molecule has 0 spiro atoms. The molecule has 10 atom stereocenters. The van der Waals surface area contributed by atoms with Gasteiger partial charge in [-0.15, -0.1) is 0 Å². The number of benzene rings is 4. The molecule has 7 fully saturated rings. The first-order valence-electron chi connectivity index (χ1n) is 27.8. The second-order valence-electron chi connectivity index (χ2n) is 24.4. The minimum absolute atomic E-state index is 0.206. The average molecular weight is 1170 g/mol. The van der Waals surface area contributed by atoms with Crippen molar-refractivity contribution in [2.24, 2.45) is 51.3 Å². The Hall–Kier alpha value is -5.16. The van der Waals surface area contributed by atoms with Crippen LogP contribution in [-0.2, 0) is 25.9 Å². The van der Waals surface area contributed by atoms with Crippen molar-refractivity contribution in [3.05, 3.63) is 146 Å². The van der Waals surface area contributed by atoms with Crippen molar-refractivity contribution in [2.45, 2.75) is 131 Å². The summed E-state index contributed by atoms with van der Waals surface area (Å²) in [6.45, 7) is 20.8. The predicted octanol–water partition coefficient (Wildman–Crippen LogP) is 11.4. The number of anilines is 2. The van der Waals surface area contributed by atoms with Crippen molar-refractivity contribution < 1.29 is 0 Å². The van der Waals surface area contributed by atoms with Gasteiger partial charge in [0.2, 0.25) is 0 Å². The van der Waals surface area contributed by atoms with Gasteiger partial charge in [-0.2, -0.15) is 0 Å². The number of aryl methyl sites for hydroxylation is 2. The first-order chi connectivity index (χ1) is 37.4. The lowest BCUT2D eigenvalue weighted by molar-refractivity contribution is -0.111. The number of nitrogens with zero attached hydrogens (tertiary/aromatic N) is 4. The van der Waals surface area contributed by atoms with Crippen LogP contribution in [0.1, 0.15) is 92.2 Å². The van der Waals surface area contributed by atoms with Crippen molar-refractivity contribution in [1.29, 1.82) is 0 Å². The van der Waals surface area contributed by atoms with E-state index in [1.807, 2.05) is 18.2 Å². The Morgan fingerprint density at radius 2 is 1.11 bits per heavy atom. The van der Waals surface area contributed by atoms with Gasteiger partial charge in [0.25, 0.3) is 11.1 Å². The largest absolute Gasteiger partial charge is 0.359 e. The van der Waals surface area contributed by atoms with Crippen LogP contribution in [0.4, 0.5) is 11.4 Å². The van der Waals surface area contributed by atoms with E-state index in [0.717, 1.165) is 66.2 Å². The summed E-state index contributed by atoms with van der Waals surface area (Å²) in [6, 6.07) is 22.5. The van der Waals surface area contributed by atoms with Crippen molar-refractivity contribution in [1.82, 2.24) is 34.6 Å². The highest BCUT2D eigenvalue weighted by Crippen LogP contribution is 2.62. The third-order valence-electron chi connectivity index (χ3n) is 18.8. The maximum Gasteiger partial charge on any atom is 0.328 e. The van der Waals surface area contributed by atoms with Crippen molar-refractivity contribution in [2.75, 3.05) is 23.7 Å². The van der Waals surface area contributed by atoms with E-state index < -0.39 is 11.4 Å². The summed E-state index contributed by atoms with van der Waals surface area (Å²) in [5.41, 5.74) is 3.36. The zero-order valence-corrected chi connectivity index (χ0v) is 50.0. The summed E-state index contributed by atoms with van der Waals surface area (Å²) in [6.07, 6.45) is 5.73. The average Bonchev–Trinajstić information content (AvgIpc) is 3.53. The fourth-order valence-electron chi connectivity index (χ4n) is 13.9. The van der Waals surface area contributed by atoms with Crippen molar-refractivity contribution >= 4 is 103 Å². The second kappa shape index (κ2) is 22.6. The molecule has 13 rings (SSSR count). The Morgan fingerprint density at radius 3 is 1.58 bits per heavy atom. The molecule has 2 aromatic heterocycles. The normalized spacial score (nSPS) is 26.6. The quantitative estimate of drug-likeness (QED) is 0.0440. The Kier molecular flexibility index (Phi) is 16.4. The molecule has 1 saturated heterocycles. The Bertz CT molecular complexity index is 3600. The highest BCUT2D eigenvalue weighted by Gasteiger charge is 2.57. The molecule has 3 heterocycles. The van der Waals surface area contributed by atoms with Gasteiger partial charge >= 0.3 is 11.4 Å². The highest BCUT2D eigenvalue weighted by molar-refractivity contribution is 7.80. The molecular formula is C60H72Cl4N10O4S. The van der Waals surface area contributed by atoms with Gasteiger partial charge in [0.1, 0.15) is 0 Å². The summed E-state index contributed by atoms with van der Waals surface area (Å²) in [7, 11) is 0. The number of halogens is 4. The molecule has 14 nitrogen and oxygen atoms in total. The third kappa shape index (κ3) is 11.7. The van der Waals surface area contributed by atoms with E-state index in [1.54, 1.807) is 54.6 Å². The van der Waals surface area contributed by atoms with Crippen LogP contribution < -0.4 is 43.8 Å². The number of guanidine groups is 1. The van der Waals surface area contributed by atoms with E-state index in [1.165, 1.54) is 22.0 Å². The number of nitrogens with one attached hydrogen (secondary N) is 6. The molecule has 6 saturated carbocycles. The van der Waals surface area contributed by atoms with E-state index in [9.17, 15) is 19.2 Å². The van der Waals surface area contributed by atoms with Crippen LogP contribution in [0.3, 0.4) is 0 Å². The number of thiocarbonyl (C=S) groups is 1. The Labute approximate surface area is 486 Å². The standard InChI is InChI=1S/C33H42Cl2N6O2.C27H30Cl2N4O2S/c1-18-16-40(17-19(2)36-18)31(38-28-13-22-12-26(20(28)3)33(22,4)5)37-24-8-9-25-29(15-24)39-32(43)41(30(25)42)11-10-21-6-7-23(34)14-27(21)35;1-14-20-10-16(27(20,2)3)11-22(14)31-25(36)30-18-6-7-19-23(13-18)32-26(35)33(24(19)34)9-8-15-4-5-17(28)12-21(15)29/h6-9,14-15,18-20,22,26,28,36H,10-13,16-17H2,1-5H3,(H,37,38)(H,39,43);4-7,12-14,16,20,22H,8-11H2,1-3H3,(H,32,35)(H2,30,31,36)/t18-,19+,20-,22+,26-,28-;14-,16+,20-,22-/m00/s1. The lowest BCUT2D eigenvalue weighted by atomic mass is 9.45. The number of aliphatic imine (C=N–C) groups is 1. The third-order valence-corrected chi connectivity index (χ3v) is 20.2. The molecule has 7 aliphatic rings. The smallest absolute Gasteiger partial charge is 0.328 e. The molecule has 19 heteroatoms. The molecule has 6 N–H and O–H groups in total. The zero-order chi connectivity index (χ0) is 56.4. The highest BCUT2D eigenvalue weighted by atomic mass is 35.5. The van der Waals surface area contributed by atoms with E-state index in [2.05, 4.69) is 91.5 Å². The van der Waals surface area contributed by atoms with E-state index in [4.69, 9.17) is 63.6 Å². The lowest BCUT2D eigenvalue weighted by Crippen LogP contribution is -2.61. The number of hydrogen-bond acceptors (Lipinski definition) is 7. The van der Waals surface area contributed by atoms with Crippen LogP contribution in [0.2, 0.25) is 20.1 Å². The van der Waals surface area contributed by atoms with Gasteiger partial charge in [-0.1, -0.05) is 100 Å². The van der Waals surface area contributed by atoms with Gasteiger partial charge in [0, 0.05) is 75.8 Å². The van der Waals surface area contributed by atoms with Gasteiger partial charge in [-0.3, -0.25) is 18.7 Å². The summed E-state index contributed by atoms with van der Waals surface area (Å²) in [5, 5.41) is 17.5. The summed E-state index contributed by atoms with van der Waals surface area (Å²) >= 11 is 30.1. The SMILES string of the molecule is C[C@@H]1[C@@H](N=C(Nc2ccc3c(=O)n(CCc4ccc(Cl)cc4Cl)c(=O)[nH]c3c2)N2C[C@@H](C)N[C@@H](C)C2)C[C@H]2C[C@@H]1C2(C)C.C[C@@H]1[C@@H](NC(=S)Nc2ccc3c(=O)n(CCc4ccc(Cl)cc4Cl)c(=O)[nH]c3c2)C[C@H]2C[C@@H]1C2(C)C. The van der Waals surface area contributed by atoms with Gasteiger partial charge in [-0.05, 0) is 183 Å². The number of aromatic amines is 2. The monoisotopic (exact) mass is 1170 g/mol. The Balaban J connectivity index is 0.000000181. The molecule has 0 unspecified atom stereocenters. The van der Waals surface area contributed by atoms with E-state index in [-0.39, 0.29) is 30.2 Å². The summed E-state index contributed by atoms with van der Waals surface area (Å²) in [4.78, 5) is 65.7. The molecule has 1 aliphatic heterocycles. The van der Waals surface area contributed by atoms with Crippen LogP contribution in [0.25, 0.3) is 21.8 Å². The fraction of sp³-hybridized carbons (Fsp3) is 0.500. The molecule has 420 valence electrons. The van der Waals surface area contributed by atoms with Crippen LogP contribution in [0, 0.1) is 46.3 Å². The first kappa shape index (κ1) is 57.1. The van der Waals surface area contributed by atoms with Gasteiger partial charge in [0.15, 0.2) is 11.1 Å². The molecule has 0 radical (unpaired) electrons. The van der Waals surface area contributed by atoms with Gasteiger partial charge < -0.3 is 36.1 Å². The minimum Gasteiger partial charge on any atom is -0.359 e. The molecule has 79 heavy (non-hydrogen) atoms. The molecular weight excluding hydrogens is 1100 g/mol. The summed E-state index contributed by atoms with van der Waals surface area (Å²) < 4.78 is 2.43. The maximum atomic E-state index is 13.4. The number of fused-ring (bicyclic) bond motifs is 6. The Morgan fingerprint density at radius 1 is 0.633 bits per heavy atom. The molecule has 0 amide bonds. The number of H-pyrrole nitrogens is 2. The van der Waals surface area contributed by atoms with Crippen LogP contribution >= 0.6 is 58.6 Å². The number of hydrogen-bond donors (Lipinski definition) is 6. The van der Waals surface area contributed by atoms with Crippen LogP contribution in [0.5, 0.6) is 0 Å². The molecule has 6 aromatic rings. The molecule has 4 aromatic carbocycles. The topological polar surface area (TPSA) is 173 Å². The van der Waals surface area contributed by atoms with Crippen LogP contribution in [0.15, 0.2) is 97.0 Å². The predicted molar refractivity (Wildman–Crippen MR) is 328 cm³/mol. The molecule has 4 bridgehead atoms. The van der Waals surface area contributed by atoms with Crippen molar-refractivity contribution in [3.63, 3.8) is 0 Å². The maximum absolute atomic E-state index is 13.4. The lowest BCUT2D eigenvalue weighted by Gasteiger charge is -2.62. The summed E-state index contributed by atoms with van der Waals surface area (Å²) in [5.74, 6) is 4.82.